The minimum absolute atomic E-state index is 0.284. The summed E-state index contributed by atoms with van der Waals surface area (Å²) in [5, 5.41) is 4.34. The van der Waals surface area contributed by atoms with Gasteiger partial charge >= 0.3 is 0 Å². The average Bonchev–Trinajstić information content (AvgIpc) is 2.99. The highest BCUT2D eigenvalue weighted by Gasteiger charge is 2.37. The fourth-order valence-electron chi connectivity index (χ4n) is 3.69. The molecule has 0 spiro atoms. The van der Waals surface area contributed by atoms with Crippen molar-refractivity contribution in [2.75, 3.05) is 18.1 Å². The molecule has 7 heteroatoms. The first kappa shape index (κ1) is 16.9. The molecule has 1 saturated heterocycles. The number of fused-ring (bicyclic) bond motifs is 1. The van der Waals surface area contributed by atoms with Crippen LogP contribution in [0.15, 0.2) is 59.6 Å². The minimum Gasteiger partial charge on any atom is -0.366 e. The minimum atomic E-state index is -1.40. The number of carbonyl (C=O) groups excluding carboxylic acids is 1. The molecular weight excluding hydrogens is 338 g/mol. The number of rotatable bonds is 3. The molecule has 1 aliphatic carbocycles. The van der Waals surface area contributed by atoms with Crippen molar-refractivity contribution in [2.24, 2.45) is 5.73 Å². The largest absolute Gasteiger partial charge is 0.366 e. The molecule has 1 amide bonds. The van der Waals surface area contributed by atoms with E-state index in [-0.39, 0.29) is 6.54 Å². The number of benzene rings is 1. The van der Waals surface area contributed by atoms with Gasteiger partial charge in [-0.15, -0.1) is 0 Å². The first-order chi connectivity index (χ1) is 12.5. The van der Waals surface area contributed by atoms with Gasteiger partial charge in [0.05, 0.1) is 11.7 Å². The molecule has 2 aliphatic heterocycles. The van der Waals surface area contributed by atoms with Crippen LogP contribution < -0.4 is 21.5 Å². The smallest absolute Gasteiger partial charge is 0.246 e. The molecule has 2 unspecified atom stereocenters. The van der Waals surface area contributed by atoms with E-state index in [1.165, 1.54) is 5.01 Å². The molecule has 4 N–H and O–H groups in total. The van der Waals surface area contributed by atoms with Crippen LogP contribution in [0.2, 0.25) is 0 Å². The molecule has 3 aliphatic rings. The predicted molar refractivity (Wildman–Crippen MR) is 95.3 cm³/mol. The molecule has 0 saturated carbocycles. The Labute approximate surface area is 150 Å². The number of halogens is 2. The van der Waals surface area contributed by atoms with Crippen LogP contribution in [0.3, 0.4) is 0 Å². The second-order valence-corrected chi connectivity index (χ2v) is 6.78. The van der Waals surface area contributed by atoms with Gasteiger partial charge in [-0.3, -0.25) is 9.80 Å². The molecule has 4 rings (SSSR count). The van der Waals surface area contributed by atoms with Crippen molar-refractivity contribution in [1.82, 2.24) is 10.7 Å². The highest BCUT2D eigenvalue weighted by Crippen LogP contribution is 2.36. The first-order valence-electron chi connectivity index (χ1n) is 8.64. The number of allylic oxidation sites excluding steroid dienone is 2. The van der Waals surface area contributed by atoms with Crippen LogP contribution >= 0.6 is 0 Å². The summed E-state index contributed by atoms with van der Waals surface area (Å²) in [5.74, 6) is -1.10. The lowest BCUT2D eigenvalue weighted by Gasteiger charge is -2.31. The first-order valence-corrected chi connectivity index (χ1v) is 8.64. The van der Waals surface area contributed by atoms with Crippen LogP contribution in [0.5, 0.6) is 0 Å². The van der Waals surface area contributed by atoms with Crippen molar-refractivity contribution in [2.45, 2.75) is 24.6 Å². The van der Waals surface area contributed by atoms with Gasteiger partial charge in [-0.1, -0.05) is 30.4 Å². The predicted octanol–water partition coefficient (Wildman–Crippen LogP) is 2.09. The Morgan fingerprint density at radius 2 is 2.08 bits per heavy atom. The van der Waals surface area contributed by atoms with Crippen molar-refractivity contribution >= 4 is 11.6 Å². The van der Waals surface area contributed by atoms with Gasteiger partial charge < -0.3 is 11.1 Å². The SMILES string of the molecule is NC(=O)C1=CC=CC2=C(F)N(c3ccc(C4(F)CCCNC4)cc3)NC12. The van der Waals surface area contributed by atoms with Crippen molar-refractivity contribution < 1.29 is 13.6 Å². The highest BCUT2D eigenvalue weighted by molar-refractivity contribution is 5.95. The van der Waals surface area contributed by atoms with E-state index in [1.807, 2.05) is 0 Å². The van der Waals surface area contributed by atoms with Gasteiger partial charge in [0, 0.05) is 17.7 Å². The number of hydrogen-bond acceptors (Lipinski definition) is 4. The summed E-state index contributed by atoms with van der Waals surface area (Å²) in [4.78, 5) is 11.6. The highest BCUT2D eigenvalue weighted by atomic mass is 19.1. The van der Waals surface area contributed by atoms with Gasteiger partial charge in [-0.2, -0.15) is 4.39 Å². The summed E-state index contributed by atoms with van der Waals surface area (Å²) in [7, 11) is 0. The molecule has 1 aromatic carbocycles. The van der Waals surface area contributed by atoms with E-state index in [0.29, 0.717) is 28.8 Å². The molecule has 2 heterocycles. The molecule has 0 radical (unpaired) electrons. The monoisotopic (exact) mass is 358 g/mol. The maximum atomic E-state index is 15.0. The van der Waals surface area contributed by atoms with Gasteiger partial charge in [0.15, 0.2) is 0 Å². The van der Waals surface area contributed by atoms with Crippen LogP contribution in [0.25, 0.3) is 0 Å². The lowest BCUT2D eigenvalue weighted by Crippen LogP contribution is -2.41. The molecule has 1 aromatic rings. The van der Waals surface area contributed by atoms with E-state index in [2.05, 4.69) is 10.7 Å². The number of nitrogens with one attached hydrogen (secondary N) is 2. The number of primary amides is 1. The Morgan fingerprint density at radius 3 is 2.73 bits per heavy atom. The third kappa shape index (κ3) is 2.73. The number of nitrogens with two attached hydrogens (primary N) is 1. The lowest BCUT2D eigenvalue weighted by molar-refractivity contribution is -0.114. The van der Waals surface area contributed by atoms with E-state index in [1.54, 1.807) is 42.5 Å². The van der Waals surface area contributed by atoms with Crippen LogP contribution in [0, 0.1) is 0 Å². The van der Waals surface area contributed by atoms with E-state index >= 15 is 4.39 Å². The number of amides is 1. The summed E-state index contributed by atoms with van der Waals surface area (Å²) in [6.07, 6.45) is 6.04. The van der Waals surface area contributed by atoms with Gasteiger partial charge in [0.2, 0.25) is 11.9 Å². The average molecular weight is 358 g/mol. The Balaban J connectivity index is 1.59. The van der Waals surface area contributed by atoms with Gasteiger partial charge in [0.1, 0.15) is 5.67 Å². The fourth-order valence-corrected chi connectivity index (χ4v) is 3.69. The van der Waals surface area contributed by atoms with E-state index in [4.69, 9.17) is 5.73 Å². The summed E-state index contributed by atoms with van der Waals surface area (Å²) in [5.41, 5.74) is 8.69. The van der Waals surface area contributed by atoms with E-state index < -0.39 is 23.6 Å². The quantitative estimate of drug-likeness (QED) is 0.724. The van der Waals surface area contributed by atoms with E-state index in [9.17, 15) is 9.18 Å². The summed E-state index contributed by atoms with van der Waals surface area (Å²) in [6.45, 7) is 1.11. The zero-order valence-corrected chi connectivity index (χ0v) is 14.1. The van der Waals surface area contributed by atoms with Crippen molar-refractivity contribution in [3.8, 4) is 0 Å². The second-order valence-electron chi connectivity index (χ2n) is 6.78. The Morgan fingerprint density at radius 1 is 1.31 bits per heavy atom. The number of piperidine rings is 1. The standard InChI is InChI=1S/C19H20F2N4O/c20-17-14-3-1-4-15(18(22)26)16(14)24-25(17)13-7-5-12(6-8-13)19(21)9-2-10-23-11-19/h1,3-8,16,23-24H,2,9-11H2,(H2,22,26). The van der Waals surface area contributed by atoms with Crippen molar-refractivity contribution in [1.29, 1.82) is 0 Å². The van der Waals surface area contributed by atoms with Gasteiger partial charge in [-0.25, -0.2) is 9.82 Å². The maximum absolute atomic E-state index is 15.0. The molecule has 1 fully saturated rings. The zero-order chi connectivity index (χ0) is 18.3. The summed E-state index contributed by atoms with van der Waals surface area (Å²) < 4.78 is 29.8. The Bertz CT molecular complexity index is 822. The number of hydrazine groups is 1. The number of hydrogen-bond donors (Lipinski definition) is 3. The third-order valence-electron chi connectivity index (χ3n) is 5.13. The number of alkyl halides is 1. The number of nitrogens with zero attached hydrogens (tertiary/aromatic N) is 1. The normalized spacial score (nSPS) is 28.2. The van der Waals surface area contributed by atoms with E-state index in [0.717, 1.165) is 13.0 Å². The number of carbonyl (C=O) groups is 1. The Hall–Kier alpha value is -2.51. The molecular formula is C19H20F2N4O. The molecule has 136 valence electrons. The summed E-state index contributed by atoms with van der Waals surface area (Å²) >= 11 is 0. The maximum Gasteiger partial charge on any atom is 0.246 e. The molecule has 5 nitrogen and oxygen atoms in total. The van der Waals surface area contributed by atoms with Crippen LogP contribution in [-0.2, 0) is 10.5 Å². The van der Waals surface area contributed by atoms with Crippen LogP contribution in [0.1, 0.15) is 18.4 Å². The lowest BCUT2D eigenvalue weighted by atomic mass is 9.88. The molecule has 26 heavy (non-hydrogen) atoms. The Kier molecular flexibility index (Phi) is 4.13. The topological polar surface area (TPSA) is 70.4 Å². The summed E-state index contributed by atoms with van der Waals surface area (Å²) in [6, 6.07) is 6.10. The van der Waals surface area contributed by atoms with Crippen LogP contribution in [0.4, 0.5) is 14.5 Å². The van der Waals surface area contributed by atoms with Gasteiger partial charge in [-0.05, 0) is 37.1 Å². The molecule has 2 atom stereocenters. The second kappa shape index (κ2) is 6.34. The molecule has 0 aromatic heterocycles. The zero-order valence-electron chi connectivity index (χ0n) is 14.1. The van der Waals surface area contributed by atoms with Crippen molar-refractivity contribution in [3.05, 3.63) is 65.2 Å². The van der Waals surface area contributed by atoms with Gasteiger partial charge in [0.25, 0.3) is 0 Å². The molecule has 0 bridgehead atoms. The van der Waals surface area contributed by atoms with Crippen LogP contribution in [-0.4, -0.2) is 25.0 Å². The number of anilines is 1. The van der Waals surface area contributed by atoms with Crippen molar-refractivity contribution in [3.63, 3.8) is 0 Å². The fraction of sp³-hybridized carbons (Fsp3) is 0.316. The third-order valence-corrected chi connectivity index (χ3v) is 5.13.